The minimum atomic E-state index is -0.663. The topological polar surface area (TPSA) is 46.5 Å². The van der Waals surface area contributed by atoms with E-state index in [1.54, 1.807) is 0 Å². The lowest BCUT2D eigenvalue weighted by molar-refractivity contribution is -0.142. The van der Waals surface area contributed by atoms with E-state index in [0.717, 1.165) is 12.8 Å². The second-order valence-electron chi connectivity index (χ2n) is 1.65. The van der Waals surface area contributed by atoms with Crippen LogP contribution >= 0.6 is 0 Å². The monoisotopic (exact) mass is 131 g/mol. The third-order valence-corrected chi connectivity index (χ3v) is 0.848. The largest absolute Gasteiger partial charge is 0.464 e. The van der Waals surface area contributed by atoms with Crippen molar-refractivity contribution in [3.05, 3.63) is 6.61 Å². The fourth-order valence-electron chi connectivity index (χ4n) is 0.354. The van der Waals surface area contributed by atoms with Crippen LogP contribution in [0.5, 0.6) is 0 Å². The molecule has 0 aromatic rings. The fraction of sp³-hybridized carbons (Fsp3) is 0.667. The van der Waals surface area contributed by atoms with E-state index in [9.17, 15) is 4.79 Å². The molecule has 0 saturated carbocycles. The molecule has 53 valence electrons. The number of carbonyl (C=O) groups is 1. The normalized spacial score (nSPS) is 9.11. The van der Waals surface area contributed by atoms with Crippen molar-refractivity contribution in [2.24, 2.45) is 0 Å². The van der Waals surface area contributed by atoms with Crippen LogP contribution in [-0.2, 0) is 9.53 Å². The first-order valence-corrected chi connectivity index (χ1v) is 2.95. The minimum Gasteiger partial charge on any atom is -0.464 e. The van der Waals surface area contributed by atoms with Crippen LogP contribution in [0.25, 0.3) is 0 Å². The van der Waals surface area contributed by atoms with Gasteiger partial charge in [0.05, 0.1) is 6.61 Å². The molecule has 0 heterocycles. The molecule has 0 aliphatic heterocycles. The average Bonchev–Trinajstić information content (AvgIpc) is 1.89. The molecule has 0 rings (SSSR count). The van der Waals surface area contributed by atoms with Crippen molar-refractivity contribution in [2.45, 2.75) is 19.8 Å². The molecule has 0 aromatic heterocycles. The summed E-state index contributed by atoms with van der Waals surface area (Å²) in [6.07, 6.45) is 1.83. The molecule has 0 bridgehead atoms. The van der Waals surface area contributed by atoms with Gasteiger partial charge in [0.1, 0.15) is 0 Å². The third kappa shape index (κ3) is 5.30. The second kappa shape index (κ2) is 5.56. The Bertz CT molecular complexity index is 80.4. The van der Waals surface area contributed by atoms with E-state index >= 15 is 0 Å². The predicted octanol–water partition coefficient (Wildman–Crippen LogP) is 0.864. The first kappa shape index (κ1) is 8.43. The van der Waals surface area contributed by atoms with E-state index in [4.69, 9.17) is 5.11 Å². The van der Waals surface area contributed by atoms with Crippen molar-refractivity contribution in [3.63, 3.8) is 0 Å². The first-order valence-electron chi connectivity index (χ1n) is 2.95. The lowest BCUT2D eigenvalue weighted by Crippen LogP contribution is -2.05. The first-order chi connectivity index (χ1) is 4.31. The van der Waals surface area contributed by atoms with Gasteiger partial charge in [-0.2, -0.15) is 0 Å². The maximum absolute atomic E-state index is 10.2. The summed E-state index contributed by atoms with van der Waals surface area (Å²) in [7, 11) is 0. The fourth-order valence-corrected chi connectivity index (χ4v) is 0.354. The summed E-state index contributed by atoms with van der Waals surface area (Å²) in [4.78, 5) is 10.2. The Kier molecular flexibility index (Phi) is 5.21. The van der Waals surface area contributed by atoms with Gasteiger partial charge in [-0.15, -0.1) is 0 Å². The van der Waals surface area contributed by atoms with Crippen molar-refractivity contribution in [1.29, 1.82) is 0 Å². The Morgan fingerprint density at radius 1 is 1.78 bits per heavy atom. The number of rotatable bonds is 4. The van der Waals surface area contributed by atoms with Crippen molar-refractivity contribution < 1.29 is 14.6 Å². The Morgan fingerprint density at radius 2 is 2.44 bits per heavy atom. The molecule has 0 aromatic carbocycles. The van der Waals surface area contributed by atoms with Gasteiger partial charge in [0.2, 0.25) is 0 Å². The summed E-state index contributed by atoms with van der Waals surface area (Å²) < 4.78 is 4.49. The quantitative estimate of drug-likeness (QED) is 0.454. The lowest BCUT2D eigenvalue weighted by Gasteiger charge is -1.98. The summed E-state index contributed by atoms with van der Waals surface area (Å²) in [5.74, 6) is -0.663. The zero-order valence-electron chi connectivity index (χ0n) is 5.46. The van der Waals surface area contributed by atoms with Gasteiger partial charge in [0, 0.05) is 0 Å². The maximum Gasteiger partial charge on any atom is 0.338 e. The summed E-state index contributed by atoms with van der Waals surface area (Å²) in [5, 5.41) is 8.03. The SMILES string of the molecule is CCCCOC(=O)[CH]O. The Labute approximate surface area is 54.6 Å². The van der Waals surface area contributed by atoms with E-state index in [1.165, 1.54) is 0 Å². The number of aliphatic hydroxyl groups is 1. The highest BCUT2D eigenvalue weighted by molar-refractivity contribution is 5.76. The summed E-state index contributed by atoms with van der Waals surface area (Å²) in [6, 6.07) is 0. The van der Waals surface area contributed by atoms with E-state index in [0.29, 0.717) is 13.2 Å². The molecule has 0 fully saturated rings. The molecule has 0 unspecified atom stereocenters. The number of carbonyl (C=O) groups excluding carboxylic acids is 1. The molecule has 1 N–H and O–H groups in total. The highest BCUT2D eigenvalue weighted by Gasteiger charge is 1.97. The number of aliphatic hydroxyl groups excluding tert-OH is 1. The Morgan fingerprint density at radius 3 is 2.89 bits per heavy atom. The van der Waals surface area contributed by atoms with Crippen LogP contribution in [0.1, 0.15) is 19.8 Å². The van der Waals surface area contributed by atoms with E-state index in [1.807, 2.05) is 6.92 Å². The van der Waals surface area contributed by atoms with Crippen LogP contribution in [0.2, 0.25) is 0 Å². The van der Waals surface area contributed by atoms with Crippen molar-refractivity contribution in [1.82, 2.24) is 0 Å². The predicted molar refractivity (Wildman–Crippen MR) is 32.1 cm³/mol. The van der Waals surface area contributed by atoms with Gasteiger partial charge in [-0.25, -0.2) is 4.79 Å². The maximum atomic E-state index is 10.2. The van der Waals surface area contributed by atoms with Gasteiger partial charge in [-0.05, 0) is 6.42 Å². The molecule has 0 spiro atoms. The van der Waals surface area contributed by atoms with Crippen LogP contribution in [0.4, 0.5) is 0 Å². The molecule has 3 nitrogen and oxygen atoms in total. The number of ether oxygens (including phenoxy) is 1. The van der Waals surface area contributed by atoms with Crippen molar-refractivity contribution in [3.8, 4) is 0 Å². The van der Waals surface area contributed by atoms with Crippen LogP contribution in [0, 0.1) is 6.61 Å². The van der Waals surface area contributed by atoms with Gasteiger partial charge in [-0.3, -0.25) is 0 Å². The third-order valence-electron chi connectivity index (χ3n) is 0.848. The van der Waals surface area contributed by atoms with Crippen LogP contribution in [0.3, 0.4) is 0 Å². The summed E-state index contributed by atoms with van der Waals surface area (Å²) in [5.41, 5.74) is 0. The average molecular weight is 131 g/mol. The Hall–Kier alpha value is -0.570. The zero-order chi connectivity index (χ0) is 7.11. The van der Waals surface area contributed by atoms with Gasteiger partial charge in [0.15, 0.2) is 6.61 Å². The molecule has 0 atom stereocenters. The number of esters is 1. The molecule has 0 saturated heterocycles. The molecular formula is C6H11O3. The molecular weight excluding hydrogens is 120 g/mol. The smallest absolute Gasteiger partial charge is 0.338 e. The van der Waals surface area contributed by atoms with Crippen LogP contribution in [-0.4, -0.2) is 17.7 Å². The standard InChI is InChI=1S/C6H11O3/c1-2-3-4-9-6(8)5-7/h5,7H,2-4H2,1H3. The van der Waals surface area contributed by atoms with Crippen LogP contribution < -0.4 is 0 Å². The van der Waals surface area contributed by atoms with Gasteiger partial charge >= 0.3 is 5.97 Å². The number of hydrogen-bond acceptors (Lipinski definition) is 3. The molecule has 1 radical (unpaired) electrons. The minimum absolute atomic E-state index is 0.395. The van der Waals surface area contributed by atoms with Crippen LogP contribution in [0.15, 0.2) is 0 Å². The highest BCUT2D eigenvalue weighted by Crippen LogP contribution is 1.88. The zero-order valence-corrected chi connectivity index (χ0v) is 5.46. The molecule has 0 amide bonds. The summed E-state index contributed by atoms with van der Waals surface area (Å²) >= 11 is 0. The highest BCUT2D eigenvalue weighted by atomic mass is 16.5. The van der Waals surface area contributed by atoms with E-state index < -0.39 is 5.97 Å². The van der Waals surface area contributed by atoms with Crippen molar-refractivity contribution in [2.75, 3.05) is 6.61 Å². The Balaban J connectivity index is 2.97. The van der Waals surface area contributed by atoms with E-state index in [2.05, 4.69) is 4.74 Å². The molecule has 3 heteroatoms. The second-order valence-corrected chi connectivity index (χ2v) is 1.65. The van der Waals surface area contributed by atoms with Gasteiger partial charge < -0.3 is 9.84 Å². The number of hydrogen-bond donors (Lipinski definition) is 1. The lowest BCUT2D eigenvalue weighted by atomic mass is 10.4. The van der Waals surface area contributed by atoms with Gasteiger partial charge in [-0.1, -0.05) is 13.3 Å². The van der Waals surface area contributed by atoms with Gasteiger partial charge in [0.25, 0.3) is 0 Å². The molecule has 9 heavy (non-hydrogen) atoms. The summed E-state index contributed by atoms with van der Waals surface area (Å²) in [6.45, 7) is 2.82. The molecule has 0 aliphatic rings. The molecule has 0 aliphatic carbocycles. The van der Waals surface area contributed by atoms with Crippen molar-refractivity contribution >= 4 is 5.97 Å². The number of unbranched alkanes of at least 4 members (excludes halogenated alkanes) is 1. The van der Waals surface area contributed by atoms with E-state index in [-0.39, 0.29) is 0 Å².